The van der Waals surface area contributed by atoms with Crippen molar-refractivity contribution >= 4 is 22.6 Å². The molecule has 5 nitrogen and oxygen atoms in total. The third kappa shape index (κ3) is 3.23. The lowest BCUT2D eigenvalue weighted by Crippen LogP contribution is -2.40. The molecule has 0 radical (unpaired) electrons. The second-order valence-electron chi connectivity index (χ2n) is 7.06. The molecule has 3 aromatic rings. The number of β-amino-alcohol motifs (C(OH)–C–C–N with tert-alkyl or cyclic N) is 1. The van der Waals surface area contributed by atoms with Gasteiger partial charge < -0.3 is 19.5 Å². The number of halogens is 1. The molecule has 0 aliphatic carbocycles. The molecule has 0 spiro atoms. The van der Waals surface area contributed by atoms with Crippen LogP contribution >= 0.6 is 11.6 Å². The van der Waals surface area contributed by atoms with Crippen LogP contribution in [0.2, 0.25) is 5.02 Å². The zero-order valence-electron chi connectivity index (χ0n) is 14.9. The highest BCUT2D eigenvalue weighted by molar-refractivity contribution is 6.33. The summed E-state index contributed by atoms with van der Waals surface area (Å²) in [6.07, 6.45) is 0.156. The first-order valence-corrected chi connectivity index (χ1v) is 9.24. The van der Waals surface area contributed by atoms with E-state index in [9.17, 15) is 15.0 Å². The predicted octanol–water partition coefficient (Wildman–Crippen LogP) is 3.60. The first-order valence-electron chi connectivity index (χ1n) is 8.87. The Morgan fingerprint density at radius 3 is 2.74 bits per heavy atom. The third-order valence-corrected chi connectivity index (χ3v) is 5.54. The van der Waals surface area contributed by atoms with Gasteiger partial charge in [0.1, 0.15) is 22.5 Å². The fourth-order valence-electron chi connectivity index (χ4n) is 3.81. The van der Waals surface area contributed by atoms with Crippen LogP contribution in [0, 0.1) is 0 Å². The molecule has 2 atom stereocenters. The van der Waals surface area contributed by atoms with Crippen molar-refractivity contribution in [3.63, 3.8) is 0 Å². The van der Waals surface area contributed by atoms with E-state index < -0.39 is 6.10 Å². The number of likely N-dealkylation sites (N-methyl/N-ethyl adjacent to an activating group) is 1. The van der Waals surface area contributed by atoms with E-state index in [-0.39, 0.29) is 22.5 Å². The van der Waals surface area contributed by atoms with E-state index in [1.807, 2.05) is 13.1 Å². The van der Waals surface area contributed by atoms with E-state index in [1.54, 1.807) is 24.3 Å². The Balaban J connectivity index is 1.94. The SMILES string of the molecule is CN1CCC(c2ccc(O)c3c(=O)cc(-c4ccccc4Cl)oc23)C(O)C1. The summed E-state index contributed by atoms with van der Waals surface area (Å²) in [6, 6.07) is 11.7. The second kappa shape index (κ2) is 7.00. The number of phenolic OH excluding ortho intramolecular Hbond substituents is 1. The van der Waals surface area contributed by atoms with Gasteiger partial charge in [-0.25, -0.2) is 0 Å². The van der Waals surface area contributed by atoms with E-state index in [0.29, 0.717) is 28.5 Å². The summed E-state index contributed by atoms with van der Waals surface area (Å²) < 4.78 is 6.08. The van der Waals surface area contributed by atoms with E-state index in [1.165, 1.54) is 12.1 Å². The van der Waals surface area contributed by atoms with E-state index in [4.69, 9.17) is 16.0 Å². The maximum Gasteiger partial charge on any atom is 0.197 e. The van der Waals surface area contributed by atoms with Gasteiger partial charge in [0, 0.05) is 29.7 Å². The first-order chi connectivity index (χ1) is 13.0. The molecule has 2 aromatic carbocycles. The van der Waals surface area contributed by atoms with Gasteiger partial charge >= 0.3 is 0 Å². The van der Waals surface area contributed by atoms with Gasteiger partial charge in [0.2, 0.25) is 0 Å². The normalized spacial score (nSPS) is 20.9. The molecule has 0 saturated carbocycles. The summed E-state index contributed by atoms with van der Waals surface area (Å²) in [7, 11) is 1.96. The molecule has 0 bridgehead atoms. The zero-order valence-corrected chi connectivity index (χ0v) is 15.6. The predicted molar refractivity (Wildman–Crippen MR) is 105 cm³/mol. The minimum absolute atomic E-state index is 0.129. The monoisotopic (exact) mass is 385 g/mol. The molecule has 2 unspecified atom stereocenters. The van der Waals surface area contributed by atoms with Crippen LogP contribution in [0.15, 0.2) is 51.7 Å². The van der Waals surface area contributed by atoms with Crippen LogP contribution in [-0.4, -0.2) is 41.4 Å². The van der Waals surface area contributed by atoms with Crippen LogP contribution < -0.4 is 5.43 Å². The fourth-order valence-corrected chi connectivity index (χ4v) is 4.03. The minimum Gasteiger partial charge on any atom is -0.507 e. The van der Waals surface area contributed by atoms with Crippen molar-refractivity contribution in [1.82, 2.24) is 4.90 Å². The van der Waals surface area contributed by atoms with Crippen LogP contribution in [0.5, 0.6) is 5.75 Å². The highest BCUT2D eigenvalue weighted by Gasteiger charge is 2.30. The first kappa shape index (κ1) is 18.0. The average Bonchev–Trinajstić information content (AvgIpc) is 2.63. The van der Waals surface area contributed by atoms with Gasteiger partial charge in [-0.15, -0.1) is 0 Å². The number of phenols is 1. The Bertz CT molecular complexity index is 1060. The molecular weight excluding hydrogens is 366 g/mol. The molecule has 1 aliphatic heterocycles. The number of aromatic hydroxyl groups is 1. The van der Waals surface area contributed by atoms with E-state index in [0.717, 1.165) is 18.5 Å². The lowest BCUT2D eigenvalue weighted by molar-refractivity contribution is 0.0639. The highest BCUT2D eigenvalue weighted by Crippen LogP contribution is 2.37. The summed E-state index contributed by atoms with van der Waals surface area (Å²) >= 11 is 6.26. The summed E-state index contributed by atoms with van der Waals surface area (Å²) in [4.78, 5) is 14.8. The average molecular weight is 386 g/mol. The number of aliphatic hydroxyl groups excluding tert-OH is 1. The Morgan fingerprint density at radius 2 is 2.00 bits per heavy atom. The van der Waals surface area contributed by atoms with Crippen LogP contribution in [0.4, 0.5) is 0 Å². The van der Waals surface area contributed by atoms with Crippen molar-refractivity contribution in [3.8, 4) is 17.1 Å². The number of hydrogen-bond acceptors (Lipinski definition) is 5. The summed E-state index contributed by atoms with van der Waals surface area (Å²) in [5.41, 5.74) is 1.31. The number of piperidine rings is 1. The van der Waals surface area contributed by atoms with Gasteiger partial charge in [-0.05, 0) is 38.2 Å². The van der Waals surface area contributed by atoms with Crippen molar-refractivity contribution in [2.24, 2.45) is 0 Å². The molecule has 140 valence electrons. The maximum atomic E-state index is 12.7. The topological polar surface area (TPSA) is 73.9 Å². The van der Waals surface area contributed by atoms with Crippen LogP contribution in [0.3, 0.4) is 0 Å². The summed E-state index contributed by atoms with van der Waals surface area (Å²) in [6.45, 7) is 1.38. The van der Waals surface area contributed by atoms with Gasteiger partial charge in [0.15, 0.2) is 5.43 Å². The molecular formula is C21H20ClNO4. The van der Waals surface area contributed by atoms with Gasteiger partial charge in [0.05, 0.1) is 11.1 Å². The largest absolute Gasteiger partial charge is 0.507 e. The van der Waals surface area contributed by atoms with Crippen molar-refractivity contribution in [3.05, 3.63) is 63.3 Å². The lowest BCUT2D eigenvalue weighted by atomic mass is 9.86. The smallest absolute Gasteiger partial charge is 0.197 e. The molecule has 0 amide bonds. The number of benzene rings is 2. The van der Waals surface area contributed by atoms with Gasteiger partial charge in [-0.1, -0.05) is 29.8 Å². The standard InChI is InChI=1S/C21H20ClNO4/c1-23-9-8-12(18(26)11-23)13-6-7-16(24)20-17(25)10-19(27-21(13)20)14-4-2-3-5-15(14)22/h2-7,10,12,18,24,26H,8-9,11H2,1H3. The highest BCUT2D eigenvalue weighted by atomic mass is 35.5. The van der Waals surface area contributed by atoms with Crippen molar-refractivity contribution in [2.45, 2.75) is 18.4 Å². The Kier molecular flexibility index (Phi) is 4.68. The number of fused-ring (bicyclic) bond motifs is 1. The number of rotatable bonds is 2. The van der Waals surface area contributed by atoms with Crippen LogP contribution in [-0.2, 0) is 0 Å². The molecule has 2 N–H and O–H groups in total. The summed E-state index contributed by atoms with van der Waals surface area (Å²) in [5, 5.41) is 21.4. The summed E-state index contributed by atoms with van der Waals surface area (Å²) in [5.74, 6) is 0.0388. The minimum atomic E-state index is -0.578. The van der Waals surface area contributed by atoms with E-state index >= 15 is 0 Å². The van der Waals surface area contributed by atoms with Crippen molar-refractivity contribution < 1.29 is 14.6 Å². The van der Waals surface area contributed by atoms with E-state index in [2.05, 4.69) is 4.90 Å². The van der Waals surface area contributed by atoms with Crippen molar-refractivity contribution in [2.75, 3.05) is 20.1 Å². The number of nitrogens with zero attached hydrogens (tertiary/aromatic N) is 1. The Labute approximate surface area is 161 Å². The molecule has 1 saturated heterocycles. The van der Waals surface area contributed by atoms with Gasteiger partial charge in [-0.2, -0.15) is 0 Å². The van der Waals surface area contributed by atoms with Gasteiger partial charge in [0.25, 0.3) is 0 Å². The van der Waals surface area contributed by atoms with Crippen LogP contribution in [0.25, 0.3) is 22.3 Å². The van der Waals surface area contributed by atoms with Crippen LogP contribution in [0.1, 0.15) is 17.9 Å². The fraction of sp³-hybridized carbons (Fsp3) is 0.286. The molecule has 6 heteroatoms. The molecule has 4 rings (SSSR count). The molecule has 27 heavy (non-hydrogen) atoms. The molecule has 1 fully saturated rings. The maximum absolute atomic E-state index is 12.7. The molecule has 1 aromatic heterocycles. The number of aliphatic hydroxyl groups is 1. The Morgan fingerprint density at radius 1 is 1.22 bits per heavy atom. The lowest BCUT2D eigenvalue weighted by Gasteiger charge is -2.34. The third-order valence-electron chi connectivity index (χ3n) is 5.21. The second-order valence-corrected chi connectivity index (χ2v) is 7.46. The molecule has 1 aliphatic rings. The zero-order chi connectivity index (χ0) is 19.1. The molecule has 2 heterocycles. The quantitative estimate of drug-likeness (QED) is 0.705. The van der Waals surface area contributed by atoms with Gasteiger partial charge in [-0.3, -0.25) is 4.79 Å². The number of likely N-dealkylation sites (tertiary alicyclic amines) is 1. The van der Waals surface area contributed by atoms with Crippen molar-refractivity contribution in [1.29, 1.82) is 0 Å². The Hall–Kier alpha value is -2.34. The number of hydrogen-bond donors (Lipinski definition) is 2.